The summed E-state index contributed by atoms with van der Waals surface area (Å²) >= 11 is 6.81. The van der Waals surface area contributed by atoms with Gasteiger partial charge in [0.1, 0.15) is 5.75 Å². The summed E-state index contributed by atoms with van der Waals surface area (Å²) in [6.07, 6.45) is 0.584. The summed E-state index contributed by atoms with van der Waals surface area (Å²) in [5, 5.41) is 0. The van der Waals surface area contributed by atoms with Crippen molar-refractivity contribution >= 4 is 38.6 Å². The van der Waals surface area contributed by atoms with E-state index in [0.29, 0.717) is 21.6 Å². The van der Waals surface area contributed by atoms with Gasteiger partial charge in [-0.25, -0.2) is 8.42 Å². The van der Waals surface area contributed by atoms with Gasteiger partial charge in [0.15, 0.2) is 15.6 Å². The smallest absolute Gasteiger partial charge is 0.187 e. The van der Waals surface area contributed by atoms with Crippen molar-refractivity contribution in [3.8, 4) is 0 Å². The number of hydrogen-bond acceptors (Lipinski definition) is 4. The minimum absolute atomic E-state index is 0.0650. The normalized spacial score (nSPS) is 12.0. The van der Waals surface area contributed by atoms with Gasteiger partial charge in [0, 0.05) is 0 Å². The predicted octanol–water partition coefficient (Wildman–Crippen LogP) is 3.05. The summed E-state index contributed by atoms with van der Waals surface area (Å²) in [6, 6.07) is 3.16. The Morgan fingerprint density at radius 3 is 2.53 bits per heavy atom. The van der Waals surface area contributed by atoms with E-state index in [4.69, 9.17) is 11.6 Å². The van der Waals surface area contributed by atoms with Crippen molar-refractivity contribution < 1.29 is 13.2 Å². The van der Waals surface area contributed by atoms with Gasteiger partial charge in [0.05, 0.1) is 15.0 Å². The van der Waals surface area contributed by atoms with Crippen molar-refractivity contribution in [3.63, 3.8) is 0 Å². The van der Waals surface area contributed by atoms with Crippen molar-refractivity contribution in [2.24, 2.45) is 5.92 Å². The molecule has 96 valence electrons. The highest BCUT2D eigenvalue weighted by atomic mass is 35.5. The third-order valence-electron chi connectivity index (χ3n) is 2.21. The zero-order valence-electron chi connectivity index (χ0n) is 9.77. The van der Waals surface area contributed by atoms with E-state index in [1.165, 1.54) is 0 Å². The fraction of sp³-hybridized carbons (Fsp3) is 0.545. The van der Waals surface area contributed by atoms with Gasteiger partial charge < -0.3 is 0 Å². The number of rotatable bonds is 6. The van der Waals surface area contributed by atoms with Gasteiger partial charge in [-0.15, -0.1) is 11.3 Å². The first-order valence-corrected chi connectivity index (χ1v) is 8.31. The first kappa shape index (κ1) is 14.7. The third-order valence-corrected chi connectivity index (χ3v) is 5.04. The van der Waals surface area contributed by atoms with Crippen molar-refractivity contribution in [1.29, 1.82) is 0 Å². The van der Waals surface area contributed by atoms with Gasteiger partial charge in [-0.2, -0.15) is 0 Å². The van der Waals surface area contributed by atoms with Crippen LogP contribution < -0.4 is 0 Å². The Morgan fingerprint density at radius 1 is 1.41 bits per heavy atom. The molecule has 0 fully saturated rings. The molecule has 6 heteroatoms. The first-order chi connectivity index (χ1) is 7.80. The van der Waals surface area contributed by atoms with Crippen LogP contribution in [0.4, 0.5) is 0 Å². The highest BCUT2D eigenvalue weighted by molar-refractivity contribution is 7.92. The van der Waals surface area contributed by atoms with Crippen LogP contribution in [-0.2, 0) is 9.84 Å². The summed E-state index contributed by atoms with van der Waals surface area (Å²) in [5.74, 6) is -0.409. The number of thiophene rings is 1. The number of ketones is 1. The molecule has 0 bridgehead atoms. The highest BCUT2D eigenvalue weighted by Crippen LogP contribution is 2.22. The molecule has 0 aliphatic heterocycles. The molecule has 0 saturated heterocycles. The molecule has 0 aliphatic carbocycles. The second-order valence-electron chi connectivity index (χ2n) is 4.30. The van der Waals surface area contributed by atoms with E-state index in [1.54, 1.807) is 12.1 Å². The molecule has 1 aromatic heterocycles. The van der Waals surface area contributed by atoms with E-state index in [9.17, 15) is 13.2 Å². The SMILES string of the molecule is CC(C)CCS(=O)(=O)CC(=O)c1ccc(Cl)s1. The summed E-state index contributed by atoms with van der Waals surface area (Å²) in [7, 11) is -3.30. The lowest BCUT2D eigenvalue weighted by Gasteiger charge is -2.05. The zero-order chi connectivity index (χ0) is 13.1. The van der Waals surface area contributed by atoms with Crippen molar-refractivity contribution in [3.05, 3.63) is 21.3 Å². The molecular formula is C11H15ClO3S2. The maximum Gasteiger partial charge on any atom is 0.187 e. The molecule has 0 N–H and O–H groups in total. The van der Waals surface area contributed by atoms with Crippen LogP contribution in [0.1, 0.15) is 29.9 Å². The molecule has 17 heavy (non-hydrogen) atoms. The van der Waals surface area contributed by atoms with Crippen molar-refractivity contribution in [2.45, 2.75) is 20.3 Å². The molecule has 0 atom stereocenters. The topological polar surface area (TPSA) is 51.2 Å². The average molecular weight is 295 g/mol. The Bertz CT molecular complexity index is 489. The molecule has 0 unspecified atom stereocenters. The van der Waals surface area contributed by atoms with E-state index >= 15 is 0 Å². The average Bonchev–Trinajstić information content (AvgIpc) is 2.61. The van der Waals surface area contributed by atoms with E-state index < -0.39 is 15.6 Å². The molecule has 0 aromatic carbocycles. The fourth-order valence-electron chi connectivity index (χ4n) is 1.22. The lowest BCUT2D eigenvalue weighted by atomic mass is 10.2. The number of sulfone groups is 1. The molecular weight excluding hydrogens is 280 g/mol. The van der Waals surface area contributed by atoms with Crippen molar-refractivity contribution in [1.82, 2.24) is 0 Å². The van der Waals surface area contributed by atoms with Gasteiger partial charge in [-0.1, -0.05) is 25.4 Å². The summed E-state index contributed by atoms with van der Waals surface area (Å²) < 4.78 is 23.8. The Hall–Kier alpha value is -0.390. The molecule has 0 saturated carbocycles. The lowest BCUT2D eigenvalue weighted by Crippen LogP contribution is -2.19. The minimum atomic E-state index is -3.30. The van der Waals surface area contributed by atoms with E-state index in [1.807, 2.05) is 13.8 Å². The standard InChI is InChI=1S/C11H15ClO3S2/c1-8(2)5-6-17(14,15)7-9(13)10-3-4-11(12)16-10/h3-4,8H,5-7H2,1-2H3. The Kier molecular flexibility index (Phi) is 5.16. The van der Waals surface area contributed by atoms with Crippen LogP contribution in [0.3, 0.4) is 0 Å². The largest absolute Gasteiger partial charge is 0.292 e. The van der Waals surface area contributed by atoms with E-state index in [0.717, 1.165) is 11.3 Å². The number of hydrogen-bond donors (Lipinski definition) is 0. The fourth-order valence-corrected chi connectivity index (χ4v) is 3.82. The zero-order valence-corrected chi connectivity index (χ0v) is 12.2. The van der Waals surface area contributed by atoms with E-state index in [2.05, 4.69) is 0 Å². The van der Waals surface area contributed by atoms with Crippen LogP contribution in [0.15, 0.2) is 12.1 Å². The van der Waals surface area contributed by atoms with Gasteiger partial charge >= 0.3 is 0 Å². The Labute approximate surface area is 111 Å². The maximum atomic E-state index is 11.7. The first-order valence-electron chi connectivity index (χ1n) is 5.29. The van der Waals surface area contributed by atoms with Gasteiger partial charge in [-0.3, -0.25) is 4.79 Å². The summed E-state index contributed by atoms with van der Waals surface area (Å²) in [4.78, 5) is 12.1. The number of carbonyl (C=O) groups excluding carboxylic acids is 1. The lowest BCUT2D eigenvalue weighted by molar-refractivity contribution is 0.102. The quantitative estimate of drug-likeness (QED) is 0.758. The molecule has 3 nitrogen and oxygen atoms in total. The maximum absolute atomic E-state index is 11.7. The molecule has 1 aromatic rings. The van der Waals surface area contributed by atoms with Crippen LogP contribution in [0.25, 0.3) is 0 Å². The molecule has 0 radical (unpaired) electrons. The van der Waals surface area contributed by atoms with Crippen molar-refractivity contribution in [2.75, 3.05) is 11.5 Å². The van der Waals surface area contributed by atoms with Crippen LogP contribution in [0.2, 0.25) is 4.34 Å². The van der Waals surface area contributed by atoms with Gasteiger partial charge in [-0.05, 0) is 24.5 Å². The number of Topliss-reactive ketones (excluding diaryl/α,β-unsaturated/α-hetero) is 1. The Balaban J connectivity index is 2.62. The van der Waals surface area contributed by atoms with Gasteiger partial charge in [0.2, 0.25) is 0 Å². The summed E-state index contributed by atoms with van der Waals surface area (Å²) in [5.41, 5.74) is 0. The van der Waals surface area contributed by atoms with E-state index in [-0.39, 0.29) is 11.5 Å². The number of halogens is 1. The molecule has 0 aliphatic rings. The van der Waals surface area contributed by atoms with Gasteiger partial charge in [0.25, 0.3) is 0 Å². The third kappa shape index (κ3) is 5.19. The second-order valence-corrected chi connectivity index (χ2v) is 8.20. The monoisotopic (exact) mass is 294 g/mol. The minimum Gasteiger partial charge on any atom is -0.292 e. The van der Waals surface area contributed by atoms with Crippen LogP contribution in [-0.4, -0.2) is 25.7 Å². The molecule has 0 amide bonds. The molecule has 0 spiro atoms. The summed E-state index contributed by atoms with van der Waals surface area (Å²) in [6.45, 7) is 3.91. The number of carbonyl (C=O) groups is 1. The van der Waals surface area contributed by atoms with Crippen LogP contribution in [0, 0.1) is 5.92 Å². The Morgan fingerprint density at radius 2 is 2.06 bits per heavy atom. The highest BCUT2D eigenvalue weighted by Gasteiger charge is 2.19. The second kappa shape index (κ2) is 5.98. The van der Waals surface area contributed by atoms with Crippen LogP contribution in [0.5, 0.6) is 0 Å². The molecule has 1 heterocycles. The molecule has 1 rings (SSSR count). The van der Waals surface area contributed by atoms with Crippen LogP contribution >= 0.6 is 22.9 Å². The predicted molar refractivity (Wildman–Crippen MR) is 71.8 cm³/mol.